The predicted molar refractivity (Wildman–Crippen MR) is 82.9 cm³/mol. The fourth-order valence-corrected chi connectivity index (χ4v) is 2.42. The lowest BCUT2D eigenvalue weighted by atomic mass is 10.1. The molecule has 0 radical (unpaired) electrons. The molecule has 100 valence electrons. The van der Waals surface area contributed by atoms with Crippen LogP contribution in [0, 0.1) is 13.8 Å². The summed E-state index contributed by atoms with van der Waals surface area (Å²) in [6.45, 7) is 4.13. The van der Waals surface area contributed by atoms with Crippen molar-refractivity contribution in [1.82, 2.24) is 9.55 Å². The lowest BCUT2D eigenvalue weighted by Gasteiger charge is -2.13. The van der Waals surface area contributed by atoms with Crippen LogP contribution in [-0.4, -0.2) is 9.55 Å². The molecule has 3 aromatic rings. The lowest BCUT2D eigenvalue weighted by Crippen LogP contribution is -2.00. The SMILES string of the molecule is Cc1cc(-n2c(C)ccc2-c2cccnc2)ccc1N. The summed E-state index contributed by atoms with van der Waals surface area (Å²) >= 11 is 0. The van der Waals surface area contributed by atoms with Crippen molar-refractivity contribution in [2.75, 3.05) is 5.73 Å². The number of hydrogen-bond donors (Lipinski definition) is 1. The highest BCUT2D eigenvalue weighted by atomic mass is 15.0. The second-order valence-electron chi connectivity index (χ2n) is 4.98. The van der Waals surface area contributed by atoms with Crippen molar-refractivity contribution in [2.24, 2.45) is 0 Å². The van der Waals surface area contributed by atoms with Crippen molar-refractivity contribution in [1.29, 1.82) is 0 Å². The molecule has 2 heterocycles. The van der Waals surface area contributed by atoms with Crippen LogP contribution in [0.25, 0.3) is 16.9 Å². The van der Waals surface area contributed by atoms with Crippen molar-refractivity contribution >= 4 is 5.69 Å². The molecule has 20 heavy (non-hydrogen) atoms. The Bertz CT molecular complexity index is 742. The van der Waals surface area contributed by atoms with E-state index in [9.17, 15) is 0 Å². The third-order valence-electron chi connectivity index (χ3n) is 3.54. The number of hydrogen-bond acceptors (Lipinski definition) is 2. The van der Waals surface area contributed by atoms with Gasteiger partial charge in [0, 0.05) is 35.0 Å². The Morgan fingerprint density at radius 1 is 1.05 bits per heavy atom. The number of aromatic nitrogens is 2. The van der Waals surface area contributed by atoms with E-state index in [1.165, 1.54) is 5.69 Å². The topological polar surface area (TPSA) is 43.8 Å². The van der Waals surface area contributed by atoms with Gasteiger partial charge in [-0.05, 0) is 61.9 Å². The van der Waals surface area contributed by atoms with Gasteiger partial charge in [0.15, 0.2) is 0 Å². The molecule has 0 aliphatic heterocycles. The molecule has 0 unspecified atom stereocenters. The van der Waals surface area contributed by atoms with Gasteiger partial charge in [-0.15, -0.1) is 0 Å². The number of nitrogens with two attached hydrogens (primary N) is 1. The van der Waals surface area contributed by atoms with Gasteiger partial charge in [-0.3, -0.25) is 4.98 Å². The Kier molecular flexibility index (Phi) is 3.03. The number of pyridine rings is 1. The zero-order valence-corrected chi connectivity index (χ0v) is 11.7. The monoisotopic (exact) mass is 263 g/mol. The van der Waals surface area contributed by atoms with Crippen LogP contribution in [0.3, 0.4) is 0 Å². The third kappa shape index (κ3) is 2.07. The molecule has 0 saturated heterocycles. The van der Waals surface area contributed by atoms with Crippen LogP contribution in [0.4, 0.5) is 5.69 Å². The standard InChI is InChI=1S/C17H17N3/c1-12-10-15(6-7-16(12)18)20-13(2)5-8-17(20)14-4-3-9-19-11-14/h3-11H,18H2,1-2H3. The molecular weight excluding hydrogens is 246 g/mol. The zero-order valence-electron chi connectivity index (χ0n) is 11.7. The van der Waals surface area contributed by atoms with E-state index < -0.39 is 0 Å². The van der Waals surface area contributed by atoms with E-state index in [0.29, 0.717) is 0 Å². The van der Waals surface area contributed by atoms with E-state index >= 15 is 0 Å². The van der Waals surface area contributed by atoms with Gasteiger partial charge in [0.25, 0.3) is 0 Å². The number of aryl methyl sites for hydroxylation is 2. The number of anilines is 1. The molecule has 3 rings (SSSR count). The van der Waals surface area contributed by atoms with Gasteiger partial charge in [0.1, 0.15) is 0 Å². The third-order valence-corrected chi connectivity index (χ3v) is 3.54. The van der Waals surface area contributed by atoms with Gasteiger partial charge in [-0.1, -0.05) is 0 Å². The minimum Gasteiger partial charge on any atom is -0.399 e. The average molecular weight is 263 g/mol. The Hall–Kier alpha value is -2.55. The van der Waals surface area contributed by atoms with Crippen LogP contribution in [0.1, 0.15) is 11.3 Å². The maximum Gasteiger partial charge on any atom is 0.0546 e. The smallest absolute Gasteiger partial charge is 0.0546 e. The highest BCUT2D eigenvalue weighted by Gasteiger charge is 2.10. The van der Waals surface area contributed by atoms with Gasteiger partial charge < -0.3 is 10.3 Å². The summed E-state index contributed by atoms with van der Waals surface area (Å²) < 4.78 is 2.23. The molecule has 0 bridgehead atoms. The van der Waals surface area contributed by atoms with Crippen LogP contribution < -0.4 is 5.73 Å². The van der Waals surface area contributed by atoms with E-state index in [2.05, 4.69) is 46.8 Å². The van der Waals surface area contributed by atoms with Crippen LogP contribution in [0.5, 0.6) is 0 Å². The second kappa shape index (κ2) is 4.85. The summed E-state index contributed by atoms with van der Waals surface area (Å²) in [4.78, 5) is 4.20. The quantitative estimate of drug-likeness (QED) is 0.716. The van der Waals surface area contributed by atoms with Crippen LogP contribution >= 0.6 is 0 Å². The number of rotatable bonds is 2. The molecule has 0 amide bonds. The Morgan fingerprint density at radius 3 is 2.60 bits per heavy atom. The summed E-state index contributed by atoms with van der Waals surface area (Å²) in [5.74, 6) is 0. The van der Waals surface area contributed by atoms with E-state index in [-0.39, 0.29) is 0 Å². The molecule has 0 fully saturated rings. The molecule has 0 aliphatic rings. The van der Waals surface area contributed by atoms with E-state index in [1.807, 2.05) is 25.3 Å². The Labute approximate surface area is 118 Å². The highest BCUT2D eigenvalue weighted by molar-refractivity contribution is 5.64. The number of nitrogen functional groups attached to an aromatic ring is 1. The molecule has 2 N–H and O–H groups in total. The van der Waals surface area contributed by atoms with Crippen molar-refractivity contribution in [3.8, 4) is 16.9 Å². The van der Waals surface area contributed by atoms with Crippen molar-refractivity contribution in [3.05, 3.63) is 66.1 Å². The van der Waals surface area contributed by atoms with Crippen LogP contribution in [-0.2, 0) is 0 Å². The molecule has 0 saturated carbocycles. The fraction of sp³-hybridized carbons (Fsp3) is 0.118. The number of nitrogens with zero attached hydrogens (tertiary/aromatic N) is 2. The first-order chi connectivity index (χ1) is 9.66. The number of benzene rings is 1. The molecule has 1 aromatic carbocycles. The average Bonchev–Trinajstić information content (AvgIpc) is 2.85. The van der Waals surface area contributed by atoms with Crippen molar-refractivity contribution in [2.45, 2.75) is 13.8 Å². The summed E-state index contributed by atoms with van der Waals surface area (Å²) in [6, 6.07) is 14.4. The van der Waals surface area contributed by atoms with Crippen molar-refractivity contribution < 1.29 is 0 Å². The molecule has 3 nitrogen and oxygen atoms in total. The predicted octanol–water partition coefficient (Wildman–Crippen LogP) is 3.74. The van der Waals surface area contributed by atoms with Crippen LogP contribution in [0.15, 0.2) is 54.9 Å². The summed E-state index contributed by atoms with van der Waals surface area (Å²) in [6.07, 6.45) is 3.67. The molecule has 0 atom stereocenters. The van der Waals surface area contributed by atoms with E-state index in [1.54, 1.807) is 6.20 Å². The maximum absolute atomic E-state index is 5.91. The zero-order chi connectivity index (χ0) is 14.1. The van der Waals surface area contributed by atoms with Crippen LogP contribution in [0.2, 0.25) is 0 Å². The fourth-order valence-electron chi connectivity index (χ4n) is 2.42. The van der Waals surface area contributed by atoms with Gasteiger partial charge in [0.05, 0.1) is 5.69 Å². The van der Waals surface area contributed by atoms with Gasteiger partial charge in [-0.2, -0.15) is 0 Å². The molecule has 2 aromatic heterocycles. The maximum atomic E-state index is 5.91. The van der Waals surface area contributed by atoms with E-state index in [0.717, 1.165) is 28.2 Å². The summed E-state index contributed by atoms with van der Waals surface area (Å²) in [7, 11) is 0. The van der Waals surface area contributed by atoms with Crippen molar-refractivity contribution in [3.63, 3.8) is 0 Å². The second-order valence-corrected chi connectivity index (χ2v) is 4.98. The molecular formula is C17H17N3. The molecule has 0 aliphatic carbocycles. The largest absolute Gasteiger partial charge is 0.399 e. The minimum atomic E-state index is 0.821. The lowest BCUT2D eigenvalue weighted by molar-refractivity contribution is 1.02. The first kappa shape index (κ1) is 12.5. The first-order valence-electron chi connectivity index (χ1n) is 6.62. The molecule has 3 heteroatoms. The Morgan fingerprint density at radius 2 is 1.90 bits per heavy atom. The first-order valence-corrected chi connectivity index (χ1v) is 6.62. The van der Waals surface area contributed by atoms with Gasteiger partial charge in [0.2, 0.25) is 0 Å². The highest BCUT2D eigenvalue weighted by Crippen LogP contribution is 2.27. The summed E-state index contributed by atoms with van der Waals surface area (Å²) in [5, 5.41) is 0. The normalized spacial score (nSPS) is 10.7. The van der Waals surface area contributed by atoms with Gasteiger partial charge >= 0.3 is 0 Å². The minimum absolute atomic E-state index is 0.821. The summed E-state index contributed by atoms with van der Waals surface area (Å²) in [5.41, 5.74) is 12.4. The van der Waals surface area contributed by atoms with E-state index in [4.69, 9.17) is 5.73 Å². The molecule has 0 spiro atoms. The Balaban J connectivity index is 2.19. The van der Waals surface area contributed by atoms with Gasteiger partial charge in [-0.25, -0.2) is 0 Å².